The van der Waals surface area contributed by atoms with Crippen LogP contribution in [0.25, 0.3) is 0 Å². The minimum absolute atomic E-state index is 0.0480. The second-order valence-corrected chi connectivity index (χ2v) is 7.24. The highest BCUT2D eigenvalue weighted by Crippen LogP contribution is 2.27. The molecule has 1 aromatic heterocycles. The Bertz CT molecular complexity index is 720. The standard InChI is InChI=1S/C17H22N6OS/c1-12(25-11-14(24)23-9-5-6-10-23)15-20-16(18)22-17(21-15)19-13-7-3-2-4-8-13/h2-4,7-8,12H,5-6,9-11H2,1H3,(H3,18,19,20,21,22). The average molecular weight is 358 g/mol. The molecule has 1 unspecified atom stereocenters. The van der Waals surface area contributed by atoms with E-state index in [1.54, 1.807) is 0 Å². The van der Waals surface area contributed by atoms with Gasteiger partial charge in [0.05, 0.1) is 11.0 Å². The van der Waals surface area contributed by atoms with Crippen LogP contribution in [0, 0.1) is 0 Å². The third-order valence-corrected chi connectivity index (χ3v) is 5.10. The number of benzene rings is 1. The van der Waals surface area contributed by atoms with E-state index in [1.165, 1.54) is 11.8 Å². The number of carbonyl (C=O) groups excluding carboxylic acids is 1. The predicted molar refractivity (Wildman–Crippen MR) is 101 cm³/mol. The lowest BCUT2D eigenvalue weighted by molar-refractivity contribution is -0.127. The summed E-state index contributed by atoms with van der Waals surface area (Å²) in [4.78, 5) is 26.9. The molecular formula is C17H22N6OS. The number of hydrogen-bond acceptors (Lipinski definition) is 7. The number of nitrogens with one attached hydrogen (secondary N) is 1. The topological polar surface area (TPSA) is 97.0 Å². The maximum Gasteiger partial charge on any atom is 0.232 e. The summed E-state index contributed by atoms with van der Waals surface area (Å²) in [5, 5.41) is 3.07. The molecule has 3 rings (SSSR count). The Labute approximate surface area is 151 Å². The molecule has 1 amide bonds. The minimum atomic E-state index is -0.0480. The third kappa shape index (κ3) is 4.82. The molecule has 1 aliphatic rings. The van der Waals surface area contributed by atoms with E-state index in [4.69, 9.17) is 5.73 Å². The first-order chi connectivity index (χ1) is 12.1. The Hall–Kier alpha value is -2.35. The van der Waals surface area contributed by atoms with Crippen molar-refractivity contribution in [3.8, 4) is 0 Å². The average Bonchev–Trinajstić information content (AvgIpc) is 3.14. The Morgan fingerprint density at radius 1 is 1.24 bits per heavy atom. The van der Waals surface area contributed by atoms with Crippen molar-refractivity contribution in [2.24, 2.45) is 0 Å². The van der Waals surface area contributed by atoms with Crippen molar-refractivity contribution < 1.29 is 4.79 Å². The normalized spacial score (nSPS) is 15.2. The van der Waals surface area contributed by atoms with Crippen LogP contribution in [0.5, 0.6) is 0 Å². The molecule has 1 atom stereocenters. The summed E-state index contributed by atoms with van der Waals surface area (Å²) in [5.74, 6) is 1.76. The van der Waals surface area contributed by atoms with Crippen molar-refractivity contribution in [3.63, 3.8) is 0 Å². The summed E-state index contributed by atoms with van der Waals surface area (Å²) < 4.78 is 0. The maximum absolute atomic E-state index is 12.2. The predicted octanol–water partition coefficient (Wildman–Crippen LogP) is 2.61. The van der Waals surface area contributed by atoms with Gasteiger partial charge < -0.3 is 16.0 Å². The molecule has 3 N–H and O–H groups in total. The summed E-state index contributed by atoms with van der Waals surface area (Å²) in [6.07, 6.45) is 2.20. The quantitative estimate of drug-likeness (QED) is 0.819. The van der Waals surface area contributed by atoms with E-state index in [0.29, 0.717) is 17.5 Å². The summed E-state index contributed by atoms with van der Waals surface area (Å²) in [7, 11) is 0. The zero-order valence-corrected chi connectivity index (χ0v) is 15.0. The van der Waals surface area contributed by atoms with Gasteiger partial charge in [-0.2, -0.15) is 15.0 Å². The van der Waals surface area contributed by atoms with E-state index in [2.05, 4.69) is 20.3 Å². The van der Waals surface area contributed by atoms with E-state index < -0.39 is 0 Å². The van der Waals surface area contributed by atoms with Crippen LogP contribution in [0.3, 0.4) is 0 Å². The van der Waals surface area contributed by atoms with Crippen molar-refractivity contribution in [2.45, 2.75) is 25.0 Å². The number of hydrogen-bond donors (Lipinski definition) is 2. The van der Waals surface area contributed by atoms with Crippen molar-refractivity contribution in [2.75, 3.05) is 29.9 Å². The van der Waals surface area contributed by atoms with Gasteiger partial charge in [-0.05, 0) is 31.9 Å². The molecule has 25 heavy (non-hydrogen) atoms. The first-order valence-corrected chi connectivity index (χ1v) is 9.39. The molecular weight excluding hydrogens is 336 g/mol. The van der Waals surface area contributed by atoms with Crippen LogP contribution >= 0.6 is 11.8 Å². The lowest BCUT2D eigenvalue weighted by Gasteiger charge is -2.16. The molecule has 0 bridgehead atoms. The molecule has 0 spiro atoms. The van der Waals surface area contributed by atoms with Gasteiger partial charge in [-0.1, -0.05) is 18.2 Å². The fourth-order valence-corrected chi connectivity index (χ4v) is 3.46. The van der Waals surface area contributed by atoms with Gasteiger partial charge in [0.25, 0.3) is 0 Å². The van der Waals surface area contributed by atoms with Gasteiger partial charge in [0.15, 0.2) is 0 Å². The number of rotatable bonds is 6. The highest BCUT2D eigenvalue weighted by Gasteiger charge is 2.20. The third-order valence-electron chi connectivity index (χ3n) is 3.98. The molecule has 2 aromatic rings. The number of nitrogens with zero attached hydrogens (tertiary/aromatic N) is 4. The van der Waals surface area contributed by atoms with Crippen molar-refractivity contribution in [1.29, 1.82) is 0 Å². The molecule has 1 saturated heterocycles. The number of para-hydroxylation sites is 1. The fraction of sp³-hybridized carbons (Fsp3) is 0.412. The summed E-state index contributed by atoms with van der Waals surface area (Å²) in [5.41, 5.74) is 6.70. The van der Waals surface area contributed by atoms with Crippen molar-refractivity contribution in [3.05, 3.63) is 36.2 Å². The fourth-order valence-electron chi connectivity index (χ4n) is 2.63. The van der Waals surface area contributed by atoms with Gasteiger partial charge in [-0.15, -0.1) is 11.8 Å². The van der Waals surface area contributed by atoms with Gasteiger partial charge in [0.1, 0.15) is 5.82 Å². The van der Waals surface area contributed by atoms with Crippen LogP contribution in [0.15, 0.2) is 30.3 Å². The first kappa shape index (κ1) is 17.5. The highest BCUT2D eigenvalue weighted by molar-refractivity contribution is 8.00. The van der Waals surface area contributed by atoms with E-state index >= 15 is 0 Å². The van der Waals surface area contributed by atoms with Gasteiger partial charge in [0, 0.05) is 18.8 Å². The number of amides is 1. The second kappa shape index (κ2) is 8.15. The van der Waals surface area contributed by atoms with Crippen molar-refractivity contribution >= 4 is 35.3 Å². The summed E-state index contributed by atoms with van der Waals surface area (Å²) in [6, 6.07) is 9.64. The maximum atomic E-state index is 12.2. The van der Waals surface area contributed by atoms with Gasteiger partial charge in [0.2, 0.25) is 17.8 Å². The number of carbonyl (C=O) groups is 1. The Kier molecular flexibility index (Phi) is 5.70. The summed E-state index contributed by atoms with van der Waals surface area (Å²) in [6.45, 7) is 3.72. The van der Waals surface area contributed by atoms with E-state index in [-0.39, 0.29) is 17.1 Å². The zero-order chi connectivity index (χ0) is 17.6. The second-order valence-electron chi connectivity index (χ2n) is 5.91. The monoisotopic (exact) mass is 358 g/mol. The number of nitrogen functional groups attached to an aromatic ring is 1. The van der Waals surface area contributed by atoms with Crippen molar-refractivity contribution in [1.82, 2.24) is 19.9 Å². The van der Waals surface area contributed by atoms with Crippen LogP contribution in [-0.2, 0) is 4.79 Å². The molecule has 1 fully saturated rings. The number of anilines is 3. The molecule has 0 radical (unpaired) electrons. The molecule has 0 saturated carbocycles. The van der Waals surface area contributed by atoms with E-state index in [9.17, 15) is 4.79 Å². The molecule has 0 aliphatic carbocycles. The highest BCUT2D eigenvalue weighted by atomic mass is 32.2. The number of likely N-dealkylation sites (tertiary alicyclic amines) is 1. The Balaban J connectivity index is 1.63. The van der Waals surface area contributed by atoms with Gasteiger partial charge >= 0.3 is 0 Å². The SMILES string of the molecule is CC(SCC(=O)N1CCCC1)c1nc(N)nc(Nc2ccccc2)n1. The first-order valence-electron chi connectivity index (χ1n) is 8.35. The minimum Gasteiger partial charge on any atom is -0.368 e. The molecule has 1 aliphatic heterocycles. The number of nitrogens with two attached hydrogens (primary N) is 1. The largest absolute Gasteiger partial charge is 0.368 e. The van der Waals surface area contributed by atoms with Gasteiger partial charge in [-0.25, -0.2) is 0 Å². The molecule has 1 aromatic carbocycles. The van der Waals surface area contributed by atoms with E-state index in [1.807, 2.05) is 42.2 Å². The van der Waals surface area contributed by atoms with Crippen LogP contribution in [0.2, 0.25) is 0 Å². The van der Waals surface area contributed by atoms with Crippen LogP contribution < -0.4 is 11.1 Å². The zero-order valence-electron chi connectivity index (χ0n) is 14.2. The number of aromatic nitrogens is 3. The van der Waals surface area contributed by atoms with Crippen LogP contribution in [-0.4, -0.2) is 44.6 Å². The van der Waals surface area contributed by atoms with Crippen LogP contribution in [0.4, 0.5) is 17.6 Å². The summed E-state index contributed by atoms with van der Waals surface area (Å²) >= 11 is 1.52. The molecule has 7 nitrogen and oxygen atoms in total. The lowest BCUT2D eigenvalue weighted by atomic mass is 10.3. The number of thioether (sulfide) groups is 1. The van der Waals surface area contributed by atoms with Gasteiger partial charge in [-0.3, -0.25) is 4.79 Å². The smallest absolute Gasteiger partial charge is 0.232 e. The molecule has 132 valence electrons. The van der Waals surface area contributed by atoms with Crippen LogP contribution in [0.1, 0.15) is 30.8 Å². The lowest BCUT2D eigenvalue weighted by Crippen LogP contribution is -2.29. The Morgan fingerprint density at radius 3 is 2.68 bits per heavy atom. The Morgan fingerprint density at radius 2 is 1.96 bits per heavy atom. The molecule has 8 heteroatoms. The molecule has 2 heterocycles. The van der Waals surface area contributed by atoms with E-state index in [0.717, 1.165) is 31.6 Å².